The van der Waals surface area contributed by atoms with Crippen LogP contribution in [0.25, 0.3) is 0 Å². The Morgan fingerprint density at radius 2 is 1.92 bits per heavy atom. The summed E-state index contributed by atoms with van der Waals surface area (Å²) in [6.07, 6.45) is 3.45. The van der Waals surface area contributed by atoms with E-state index in [0.29, 0.717) is 24.0 Å². The Labute approximate surface area is 149 Å². The minimum Gasteiger partial charge on any atom is -0.487 e. The van der Waals surface area contributed by atoms with Crippen molar-refractivity contribution in [1.82, 2.24) is 10.6 Å². The van der Waals surface area contributed by atoms with Gasteiger partial charge in [-0.15, -0.1) is 0 Å². The molecule has 3 aliphatic rings. The number of halogens is 1. The number of benzene rings is 1. The number of rotatable bonds is 0. The highest BCUT2D eigenvalue weighted by Gasteiger charge is 2.58. The predicted octanol–water partition coefficient (Wildman–Crippen LogP) is 3.46. The molecule has 0 radical (unpaired) electrons. The van der Waals surface area contributed by atoms with Crippen LogP contribution >= 0.6 is 15.9 Å². The van der Waals surface area contributed by atoms with Gasteiger partial charge in [0.2, 0.25) is 0 Å². The van der Waals surface area contributed by atoms with Crippen LogP contribution in [0.4, 0.5) is 4.79 Å². The Morgan fingerprint density at radius 3 is 2.54 bits per heavy atom. The molecule has 3 atom stereocenters. The molecule has 6 heteroatoms. The lowest BCUT2D eigenvalue weighted by molar-refractivity contribution is -0.130. The topological polar surface area (TPSA) is 67.4 Å². The van der Waals surface area contributed by atoms with Crippen molar-refractivity contribution >= 4 is 27.9 Å². The number of hydrogen-bond donors (Lipinski definition) is 2. The summed E-state index contributed by atoms with van der Waals surface area (Å²) < 4.78 is 7.34. The monoisotopic (exact) mass is 392 g/mol. The Hall–Kier alpha value is -1.56. The third-order valence-electron chi connectivity index (χ3n) is 5.50. The highest BCUT2D eigenvalue weighted by molar-refractivity contribution is 9.10. The van der Waals surface area contributed by atoms with E-state index in [1.54, 1.807) is 0 Å². The van der Waals surface area contributed by atoms with Gasteiger partial charge in [-0.05, 0) is 49.3 Å². The third-order valence-corrected chi connectivity index (χ3v) is 6.00. The van der Waals surface area contributed by atoms with E-state index in [4.69, 9.17) is 4.74 Å². The number of carbonyl (C=O) groups excluding carboxylic acids is 2. The summed E-state index contributed by atoms with van der Waals surface area (Å²) in [4.78, 5) is 24.7. The first-order valence-corrected chi connectivity index (χ1v) is 9.24. The molecular formula is C18H21BrN2O3. The Kier molecular flexibility index (Phi) is 3.46. The van der Waals surface area contributed by atoms with Crippen molar-refractivity contribution in [2.24, 2.45) is 11.8 Å². The van der Waals surface area contributed by atoms with Crippen LogP contribution in [-0.4, -0.2) is 17.5 Å². The second-order valence-electron chi connectivity index (χ2n) is 7.77. The summed E-state index contributed by atoms with van der Waals surface area (Å²) >= 11 is 3.46. The standard InChI is InChI=1S/C18H21BrN2O3/c1-10-5-11(2)8-17(7-10)9-18(15(22)20-16(23)21-18)13-6-12(19)3-4-14(13)24-17/h3-4,6,10-11H,5,7-9H2,1-2H3,(H2,20,21,22,23). The maximum absolute atomic E-state index is 12.8. The lowest BCUT2D eigenvalue weighted by Gasteiger charge is -2.50. The first-order chi connectivity index (χ1) is 11.3. The van der Waals surface area contributed by atoms with Crippen molar-refractivity contribution in [2.75, 3.05) is 0 Å². The zero-order chi connectivity index (χ0) is 17.1. The molecule has 4 rings (SSSR count). The third kappa shape index (κ3) is 2.34. The molecule has 1 aromatic carbocycles. The molecule has 3 unspecified atom stereocenters. The summed E-state index contributed by atoms with van der Waals surface area (Å²) in [5.74, 6) is 1.48. The molecular weight excluding hydrogens is 372 g/mol. The Bertz CT molecular complexity index is 725. The molecule has 2 aliphatic heterocycles. The van der Waals surface area contributed by atoms with E-state index < -0.39 is 17.2 Å². The molecule has 2 spiro atoms. The van der Waals surface area contributed by atoms with Gasteiger partial charge in [0.15, 0.2) is 5.54 Å². The number of urea groups is 1. The molecule has 1 aromatic rings. The van der Waals surface area contributed by atoms with Crippen molar-refractivity contribution < 1.29 is 14.3 Å². The lowest BCUT2D eigenvalue weighted by atomic mass is 9.66. The fourth-order valence-corrected chi connectivity index (χ4v) is 5.37. The summed E-state index contributed by atoms with van der Waals surface area (Å²) in [6, 6.07) is 5.25. The largest absolute Gasteiger partial charge is 0.487 e. The smallest absolute Gasteiger partial charge is 0.322 e. The number of fused-ring (bicyclic) bond motifs is 2. The number of nitrogens with one attached hydrogen (secondary N) is 2. The second kappa shape index (κ2) is 5.22. The highest BCUT2D eigenvalue weighted by atomic mass is 79.9. The zero-order valence-corrected chi connectivity index (χ0v) is 15.4. The number of hydrogen-bond acceptors (Lipinski definition) is 3. The minimum absolute atomic E-state index is 0.277. The van der Waals surface area contributed by atoms with Crippen molar-refractivity contribution in [3.05, 3.63) is 28.2 Å². The van der Waals surface area contributed by atoms with E-state index in [9.17, 15) is 9.59 Å². The molecule has 2 N–H and O–H groups in total. The van der Waals surface area contributed by atoms with E-state index >= 15 is 0 Å². The fraction of sp³-hybridized carbons (Fsp3) is 0.556. The van der Waals surface area contributed by atoms with E-state index in [1.807, 2.05) is 18.2 Å². The Balaban J connectivity index is 1.86. The van der Waals surface area contributed by atoms with Crippen LogP contribution in [0.15, 0.2) is 22.7 Å². The van der Waals surface area contributed by atoms with Gasteiger partial charge in [-0.3, -0.25) is 10.1 Å². The van der Waals surface area contributed by atoms with Gasteiger partial charge in [-0.2, -0.15) is 0 Å². The second-order valence-corrected chi connectivity index (χ2v) is 8.69. The predicted molar refractivity (Wildman–Crippen MR) is 92.6 cm³/mol. The van der Waals surface area contributed by atoms with Gasteiger partial charge in [0.25, 0.3) is 5.91 Å². The van der Waals surface area contributed by atoms with Crippen LogP contribution in [0.1, 0.15) is 45.1 Å². The first-order valence-electron chi connectivity index (χ1n) is 8.45. The van der Waals surface area contributed by atoms with Crippen LogP contribution in [0, 0.1) is 11.8 Å². The van der Waals surface area contributed by atoms with Crippen molar-refractivity contribution in [3.8, 4) is 5.75 Å². The van der Waals surface area contributed by atoms with Crippen LogP contribution in [0.3, 0.4) is 0 Å². The van der Waals surface area contributed by atoms with Gasteiger partial charge < -0.3 is 10.1 Å². The maximum atomic E-state index is 12.8. The molecule has 2 heterocycles. The lowest BCUT2D eigenvalue weighted by Crippen LogP contribution is -2.57. The van der Waals surface area contributed by atoms with Gasteiger partial charge in [-0.1, -0.05) is 29.8 Å². The average molecular weight is 393 g/mol. The van der Waals surface area contributed by atoms with Crippen LogP contribution in [-0.2, 0) is 10.3 Å². The van der Waals surface area contributed by atoms with Gasteiger partial charge >= 0.3 is 6.03 Å². The van der Waals surface area contributed by atoms with Crippen LogP contribution < -0.4 is 15.4 Å². The molecule has 5 nitrogen and oxygen atoms in total. The van der Waals surface area contributed by atoms with Gasteiger partial charge in [0, 0.05) is 16.5 Å². The summed E-state index contributed by atoms with van der Waals surface area (Å²) in [5.41, 5.74) is -0.713. The molecule has 1 saturated heterocycles. The normalized spacial score (nSPS) is 37.8. The number of carbonyl (C=O) groups is 2. The summed E-state index contributed by atoms with van der Waals surface area (Å²) in [7, 11) is 0. The van der Waals surface area contributed by atoms with Crippen LogP contribution in [0.2, 0.25) is 0 Å². The van der Waals surface area contributed by atoms with Gasteiger partial charge in [-0.25, -0.2) is 4.79 Å². The minimum atomic E-state index is -1.04. The molecule has 0 aromatic heterocycles. The van der Waals surface area contributed by atoms with Crippen LogP contribution in [0.5, 0.6) is 5.75 Å². The zero-order valence-electron chi connectivity index (χ0n) is 13.8. The average Bonchev–Trinajstić information content (AvgIpc) is 2.73. The molecule has 128 valence electrons. The Morgan fingerprint density at radius 1 is 1.21 bits per heavy atom. The fourth-order valence-electron chi connectivity index (χ4n) is 5.01. The molecule has 1 saturated carbocycles. The number of ether oxygens (including phenoxy) is 1. The first kappa shape index (κ1) is 15.9. The molecule has 0 bridgehead atoms. The SMILES string of the molecule is CC1CC(C)CC2(C1)CC1(NC(=O)NC1=O)c1cc(Br)ccc1O2. The van der Waals surface area contributed by atoms with E-state index in [-0.39, 0.29) is 5.91 Å². The molecule has 3 amide bonds. The van der Waals surface area contributed by atoms with E-state index in [1.165, 1.54) is 6.42 Å². The molecule has 2 fully saturated rings. The van der Waals surface area contributed by atoms with Crippen molar-refractivity contribution in [2.45, 2.75) is 50.7 Å². The van der Waals surface area contributed by atoms with E-state index in [2.05, 4.69) is 40.4 Å². The quantitative estimate of drug-likeness (QED) is 0.664. The summed E-state index contributed by atoms with van der Waals surface area (Å²) in [5, 5.41) is 5.33. The molecule has 1 aliphatic carbocycles. The van der Waals surface area contributed by atoms with E-state index in [0.717, 1.165) is 22.9 Å². The van der Waals surface area contributed by atoms with Crippen molar-refractivity contribution in [3.63, 3.8) is 0 Å². The van der Waals surface area contributed by atoms with Crippen molar-refractivity contribution in [1.29, 1.82) is 0 Å². The maximum Gasteiger partial charge on any atom is 0.322 e. The summed E-state index contributed by atoms with van der Waals surface area (Å²) in [6.45, 7) is 4.47. The molecule has 24 heavy (non-hydrogen) atoms. The number of amides is 3. The number of imide groups is 1. The highest BCUT2D eigenvalue weighted by Crippen LogP contribution is 2.52. The van der Waals surface area contributed by atoms with Gasteiger partial charge in [0.05, 0.1) is 0 Å². The van der Waals surface area contributed by atoms with Gasteiger partial charge in [0.1, 0.15) is 11.4 Å².